The maximum atomic E-state index is 13.1. The number of benzene rings is 2. The Balaban J connectivity index is 0.822. The standard InChI is InChI=1S/C47H61N7O6S/c1-6-7-16-39-52-41-42(43-38(50-44(41)48)27-30(2)61-43)54(39)28-31-19-22-53(23-20-31)24-26-58-25-21-49-40(55)18-17-37(45(56)60-47(3,4)5)51-46(57)59-29-36-34-14-10-8-12-32(34)33-13-9-11-15-35(33)36/h8-15,27,31,36-37H,6-7,16-26,28-29H2,1-5H3,(H2,48,50)(H,49,55)(H,51,57)/t37-/m0/s1. The number of nitrogen functional groups attached to an aromatic ring is 1. The maximum absolute atomic E-state index is 13.1. The number of likely N-dealkylation sites (tertiary alicyclic amines) is 1. The quantitative estimate of drug-likeness (QED) is 0.0587. The van der Waals surface area contributed by atoms with Crippen LogP contribution in [0, 0.1) is 12.8 Å². The van der Waals surface area contributed by atoms with Crippen LogP contribution >= 0.6 is 11.3 Å². The number of amides is 2. The largest absolute Gasteiger partial charge is 0.458 e. The Labute approximate surface area is 362 Å². The molecule has 0 radical (unpaired) electrons. The minimum atomic E-state index is -1.05. The lowest BCUT2D eigenvalue weighted by molar-refractivity contribution is -0.157. The lowest BCUT2D eigenvalue weighted by atomic mass is 9.96. The number of unbranched alkanes of at least 4 members (excludes halogenated alkanes) is 1. The number of nitrogens with one attached hydrogen (secondary N) is 2. The zero-order valence-corrected chi connectivity index (χ0v) is 37.1. The molecule has 2 amide bonds. The van der Waals surface area contributed by atoms with Gasteiger partial charge in [-0.25, -0.2) is 19.6 Å². The molecular formula is C47H61N7O6S. The van der Waals surface area contributed by atoms with Gasteiger partial charge in [-0.05, 0) is 101 Å². The van der Waals surface area contributed by atoms with E-state index in [1.54, 1.807) is 32.1 Å². The number of pyridine rings is 1. The third kappa shape index (κ3) is 10.9. The first kappa shape index (κ1) is 44.0. The van der Waals surface area contributed by atoms with Crippen LogP contribution in [0.5, 0.6) is 0 Å². The van der Waals surface area contributed by atoms with Gasteiger partial charge in [0.15, 0.2) is 5.82 Å². The van der Waals surface area contributed by atoms with E-state index in [1.807, 2.05) is 36.4 Å². The molecule has 2 aliphatic rings. The van der Waals surface area contributed by atoms with Crippen LogP contribution in [0.2, 0.25) is 0 Å². The summed E-state index contributed by atoms with van der Waals surface area (Å²) < 4.78 is 20.8. The monoisotopic (exact) mass is 851 g/mol. The van der Waals surface area contributed by atoms with E-state index in [0.717, 1.165) is 103 Å². The molecule has 0 unspecified atom stereocenters. The van der Waals surface area contributed by atoms with Crippen molar-refractivity contribution in [1.82, 2.24) is 30.1 Å². The number of hydrogen-bond donors (Lipinski definition) is 3. The van der Waals surface area contributed by atoms with Crippen molar-refractivity contribution in [2.75, 3.05) is 51.7 Å². The third-order valence-electron chi connectivity index (χ3n) is 11.6. The van der Waals surface area contributed by atoms with Crippen molar-refractivity contribution in [3.05, 3.63) is 76.4 Å². The Kier molecular flexibility index (Phi) is 14.3. The Morgan fingerprint density at radius 1 is 1.00 bits per heavy atom. The predicted molar refractivity (Wildman–Crippen MR) is 241 cm³/mol. The molecule has 0 spiro atoms. The number of nitrogens with zero attached hydrogens (tertiary/aromatic N) is 4. The molecule has 4 N–H and O–H groups in total. The van der Waals surface area contributed by atoms with Gasteiger partial charge in [0.2, 0.25) is 5.91 Å². The molecule has 1 saturated heterocycles. The van der Waals surface area contributed by atoms with Crippen LogP contribution < -0.4 is 16.4 Å². The lowest BCUT2D eigenvalue weighted by Gasteiger charge is -2.32. The van der Waals surface area contributed by atoms with Crippen LogP contribution in [0.3, 0.4) is 0 Å². The number of piperidine rings is 1. The average Bonchev–Trinajstić information content (AvgIpc) is 3.89. The van der Waals surface area contributed by atoms with E-state index in [4.69, 9.17) is 24.9 Å². The maximum Gasteiger partial charge on any atom is 0.407 e. The predicted octanol–water partition coefficient (Wildman–Crippen LogP) is 7.75. The highest BCUT2D eigenvalue weighted by Gasteiger charge is 2.32. The van der Waals surface area contributed by atoms with Gasteiger partial charge in [0.1, 0.15) is 29.6 Å². The van der Waals surface area contributed by atoms with E-state index < -0.39 is 23.7 Å². The minimum absolute atomic E-state index is 0.0135. The smallest absolute Gasteiger partial charge is 0.407 e. The molecule has 3 aromatic heterocycles. The molecule has 0 bridgehead atoms. The molecule has 1 fully saturated rings. The average molecular weight is 852 g/mol. The molecule has 2 aromatic carbocycles. The summed E-state index contributed by atoms with van der Waals surface area (Å²) in [6.45, 7) is 14.8. The number of anilines is 1. The summed E-state index contributed by atoms with van der Waals surface area (Å²) in [6.07, 6.45) is 4.65. The van der Waals surface area contributed by atoms with Crippen molar-refractivity contribution in [3.8, 4) is 11.1 Å². The number of carbonyl (C=O) groups is 3. The first-order valence-corrected chi connectivity index (χ1v) is 22.7. The number of hydrogen-bond acceptors (Lipinski definition) is 11. The van der Waals surface area contributed by atoms with Crippen LogP contribution in [0.15, 0.2) is 54.6 Å². The number of esters is 1. The van der Waals surface area contributed by atoms with E-state index in [9.17, 15) is 14.4 Å². The summed E-state index contributed by atoms with van der Waals surface area (Å²) in [5, 5.41) is 5.54. The van der Waals surface area contributed by atoms with E-state index in [-0.39, 0.29) is 31.3 Å². The van der Waals surface area contributed by atoms with Crippen molar-refractivity contribution in [2.45, 2.75) is 104 Å². The van der Waals surface area contributed by atoms with Gasteiger partial charge in [-0.15, -0.1) is 11.3 Å². The molecule has 14 heteroatoms. The van der Waals surface area contributed by atoms with Gasteiger partial charge in [-0.1, -0.05) is 61.9 Å². The van der Waals surface area contributed by atoms with Crippen molar-refractivity contribution in [3.63, 3.8) is 0 Å². The van der Waals surface area contributed by atoms with Gasteiger partial charge >= 0.3 is 12.1 Å². The second kappa shape index (κ2) is 19.8. The Morgan fingerprint density at radius 2 is 1.70 bits per heavy atom. The van der Waals surface area contributed by atoms with Crippen LogP contribution in [-0.4, -0.2) is 95.0 Å². The summed E-state index contributed by atoms with van der Waals surface area (Å²) in [4.78, 5) is 52.4. The second-order valence-electron chi connectivity index (χ2n) is 17.3. The molecule has 4 heterocycles. The van der Waals surface area contributed by atoms with Gasteiger partial charge in [-0.3, -0.25) is 4.79 Å². The summed E-state index contributed by atoms with van der Waals surface area (Å²) in [5.41, 5.74) is 13.0. The van der Waals surface area contributed by atoms with E-state index >= 15 is 0 Å². The number of nitrogens with two attached hydrogens (primary N) is 1. The molecule has 1 aliphatic heterocycles. The first-order chi connectivity index (χ1) is 29.4. The fraction of sp³-hybridized carbons (Fsp3) is 0.511. The zero-order valence-electron chi connectivity index (χ0n) is 36.3. The Bertz CT molecular complexity index is 2280. The van der Waals surface area contributed by atoms with E-state index in [1.165, 1.54) is 9.58 Å². The van der Waals surface area contributed by atoms with Gasteiger partial charge in [0.25, 0.3) is 0 Å². The second-order valence-corrected chi connectivity index (χ2v) is 18.6. The number of carbonyl (C=O) groups excluding carboxylic acids is 3. The molecule has 7 rings (SSSR count). The number of imidazole rings is 1. The third-order valence-corrected chi connectivity index (χ3v) is 12.6. The number of alkyl carbamates (subject to hydrolysis) is 1. The molecule has 1 aliphatic carbocycles. The summed E-state index contributed by atoms with van der Waals surface area (Å²) in [5.74, 6) is 1.18. The van der Waals surface area contributed by atoms with Crippen molar-refractivity contribution in [2.24, 2.45) is 5.92 Å². The highest BCUT2D eigenvalue weighted by Crippen LogP contribution is 2.44. The van der Waals surface area contributed by atoms with E-state index in [0.29, 0.717) is 31.5 Å². The molecule has 326 valence electrons. The summed E-state index contributed by atoms with van der Waals surface area (Å²) in [7, 11) is 0. The minimum Gasteiger partial charge on any atom is -0.458 e. The van der Waals surface area contributed by atoms with Crippen LogP contribution in [0.1, 0.15) is 94.0 Å². The van der Waals surface area contributed by atoms with Crippen molar-refractivity contribution < 1.29 is 28.6 Å². The van der Waals surface area contributed by atoms with E-state index in [2.05, 4.69) is 57.1 Å². The molecule has 0 saturated carbocycles. The number of fused-ring (bicyclic) bond motifs is 6. The normalized spacial score (nSPS) is 15.2. The summed E-state index contributed by atoms with van der Waals surface area (Å²) >= 11 is 1.77. The topological polar surface area (TPSA) is 163 Å². The number of aryl methyl sites for hydroxylation is 2. The fourth-order valence-corrected chi connectivity index (χ4v) is 9.55. The number of ether oxygens (including phenoxy) is 3. The summed E-state index contributed by atoms with van der Waals surface area (Å²) in [6, 6.07) is 17.2. The van der Waals surface area contributed by atoms with Crippen LogP contribution in [-0.2, 0) is 36.8 Å². The molecular weight excluding hydrogens is 791 g/mol. The number of rotatable bonds is 18. The molecule has 13 nitrogen and oxygen atoms in total. The highest BCUT2D eigenvalue weighted by molar-refractivity contribution is 7.19. The molecule has 1 atom stereocenters. The SMILES string of the molecule is CCCCc1nc2c(N)nc3cc(C)sc3c2n1CC1CCN(CCOCCNC(=O)CC[C@H](NC(=O)OCC2c3ccccc3-c3ccccc32)C(=O)OC(C)(C)C)CC1. The Morgan fingerprint density at radius 3 is 2.39 bits per heavy atom. The fourth-order valence-electron chi connectivity index (χ4n) is 8.54. The zero-order chi connectivity index (χ0) is 43.1. The lowest BCUT2D eigenvalue weighted by Crippen LogP contribution is -2.45. The van der Waals surface area contributed by atoms with Crippen LogP contribution in [0.4, 0.5) is 10.6 Å². The van der Waals surface area contributed by atoms with Gasteiger partial charge in [0, 0.05) is 43.3 Å². The number of thiophene rings is 1. The first-order valence-electron chi connectivity index (χ1n) is 21.8. The van der Waals surface area contributed by atoms with Crippen molar-refractivity contribution in [1.29, 1.82) is 0 Å². The van der Waals surface area contributed by atoms with Crippen molar-refractivity contribution >= 4 is 56.4 Å². The van der Waals surface area contributed by atoms with Gasteiger partial charge < -0.3 is 40.0 Å². The molecule has 61 heavy (non-hydrogen) atoms. The molecule has 5 aromatic rings. The van der Waals surface area contributed by atoms with Gasteiger partial charge in [0.05, 0.1) is 28.9 Å². The van der Waals surface area contributed by atoms with Crippen LogP contribution in [0.25, 0.3) is 32.4 Å². The van der Waals surface area contributed by atoms with Gasteiger partial charge in [-0.2, -0.15) is 0 Å². The highest BCUT2D eigenvalue weighted by atomic mass is 32.1. The Hall–Kier alpha value is -5.05. The number of aromatic nitrogens is 3.